The number of allylic oxidation sites excluding steroid dienone is 5. The summed E-state index contributed by atoms with van der Waals surface area (Å²) in [6.07, 6.45) is 7.90. The number of hydrogen-bond donors (Lipinski definition) is 0. The van der Waals surface area contributed by atoms with Crippen LogP contribution in [0.5, 0.6) is 0 Å². The van der Waals surface area contributed by atoms with Gasteiger partial charge in [-0.15, -0.1) is 0 Å². The molecule has 0 heterocycles. The van der Waals surface area contributed by atoms with Crippen molar-refractivity contribution in [2.75, 3.05) is 0 Å². The van der Waals surface area contributed by atoms with Gasteiger partial charge < -0.3 is 0 Å². The lowest BCUT2D eigenvalue weighted by Crippen LogP contribution is -2.17. The predicted molar refractivity (Wildman–Crippen MR) is 89.6 cm³/mol. The SMILES string of the molecule is Cc1ccc(/C=C/C2=CC(=C(C#N)C#N)CC(C)(C)C2)cc1. The maximum Gasteiger partial charge on any atom is 0.132 e. The Morgan fingerprint density at radius 2 is 1.68 bits per heavy atom. The van der Waals surface area contributed by atoms with Gasteiger partial charge in [0.2, 0.25) is 0 Å². The van der Waals surface area contributed by atoms with Crippen molar-refractivity contribution in [2.45, 2.75) is 33.6 Å². The number of hydrogen-bond acceptors (Lipinski definition) is 2. The van der Waals surface area contributed by atoms with Gasteiger partial charge in [-0.2, -0.15) is 10.5 Å². The van der Waals surface area contributed by atoms with E-state index in [0.29, 0.717) is 0 Å². The minimum absolute atomic E-state index is 0.0655. The summed E-state index contributed by atoms with van der Waals surface area (Å²) >= 11 is 0. The minimum atomic E-state index is 0.0655. The molecular formula is C20H20N2. The van der Waals surface area contributed by atoms with Gasteiger partial charge in [0.25, 0.3) is 0 Å². The number of nitriles is 2. The molecule has 0 saturated carbocycles. The molecule has 0 aliphatic heterocycles. The highest BCUT2D eigenvalue weighted by Gasteiger charge is 2.26. The lowest BCUT2D eigenvalue weighted by Gasteiger charge is -2.30. The van der Waals surface area contributed by atoms with Crippen LogP contribution in [0.1, 0.15) is 37.8 Å². The van der Waals surface area contributed by atoms with Crippen molar-refractivity contribution in [1.29, 1.82) is 10.5 Å². The van der Waals surface area contributed by atoms with E-state index in [1.807, 2.05) is 18.2 Å². The summed E-state index contributed by atoms with van der Waals surface area (Å²) in [7, 11) is 0. The lowest BCUT2D eigenvalue weighted by molar-refractivity contribution is 0.354. The Labute approximate surface area is 132 Å². The monoisotopic (exact) mass is 288 g/mol. The second kappa shape index (κ2) is 6.46. The summed E-state index contributed by atoms with van der Waals surface area (Å²) in [6.45, 7) is 6.42. The Balaban J connectivity index is 2.33. The lowest BCUT2D eigenvalue weighted by atomic mass is 9.74. The Hall–Kier alpha value is -2.58. The van der Waals surface area contributed by atoms with Crippen molar-refractivity contribution < 1.29 is 0 Å². The molecule has 0 unspecified atom stereocenters. The van der Waals surface area contributed by atoms with Gasteiger partial charge in [-0.3, -0.25) is 0 Å². The zero-order chi connectivity index (χ0) is 16.2. The molecule has 0 spiro atoms. The summed E-state index contributed by atoms with van der Waals surface area (Å²) in [5.74, 6) is 0. The van der Waals surface area contributed by atoms with Crippen molar-refractivity contribution in [3.05, 3.63) is 64.3 Å². The highest BCUT2D eigenvalue weighted by atomic mass is 14.3. The standard InChI is InChI=1S/C20H20N2/c1-15-4-6-16(7-5-15)8-9-17-10-18(19(13-21)14-22)12-20(2,3)11-17/h4-10H,11-12H2,1-3H3/b9-8+. The van der Waals surface area contributed by atoms with Crippen LogP contribution in [0.3, 0.4) is 0 Å². The third-order valence-electron chi connectivity index (χ3n) is 3.82. The summed E-state index contributed by atoms with van der Waals surface area (Å²) < 4.78 is 0. The molecule has 2 heteroatoms. The number of aryl methyl sites for hydroxylation is 1. The van der Waals surface area contributed by atoms with Crippen LogP contribution >= 0.6 is 0 Å². The summed E-state index contributed by atoms with van der Waals surface area (Å²) in [4.78, 5) is 0. The highest BCUT2D eigenvalue weighted by molar-refractivity contribution is 5.56. The van der Waals surface area contributed by atoms with E-state index in [1.54, 1.807) is 0 Å². The van der Waals surface area contributed by atoms with Crippen LogP contribution in [0.15, 0.2) is 53.1 Å². The second-order valence-electron chi connectivity index (χ2n) is 6.60. The number of rotatable bonds is 2. The molecule has 0 saturated heterocycles. The van der Waals surface area contributed by atoms with Gasteiger partial charge in [-0.05, 0) is 41.9 Å². The molecule has 0 fully saturated rings. The van der Waals surface area contributed by atoms with E-state index in [2.05, 4.69) is 57.2 Å². The molecule has 2 nitrogen and oxygen atoms in total. The molecular weight excluding hydrogens is 268 g/mol. The molecule has 1 aromatic carbocycles. The van der Waals surface area contributed by atoms with Crippen LogP contribution in [0, 0.1) is 35.0 Å². The molecule has 0 atom stereocenters. The van der Waals surface area contributed by atoms with Crippen molar-refractivity contribution in [3.8, 4) is 12.1 Å². The molecule has 1 aliphatic rings. The Kier molecular flexibility index (Phi) is 4.64. The maximum absolute atomic E-state index is 9.09. The predicted octanol–water partition coefficient (Wildman–Crippen LogP) is 5.10. The topological polar surface area (TPSA) is 47.6 Å². The summed E-state index contributed by atoms with van der Waals surface area (Å²) in [6, 6.07) is 12.4. The van der Waals surface area contributed by atoms with Gasteiger partial charge >= 0.3 is 0 Å². The molecule has 0 amide bonds. The smallest absolute Gasteiger partial charge is 0.132 e. The fraction of sp³-hybridized carbons (Fsp3) is 0.300. The first-order valence-electron chi connectivity index (χ1n) is 7.42. The van der Waals surface area contributed by atoms with E-state index in [1.165, 1.54) is 5.56 Å². The summed E-state index contributed by atoms with van der Waals surface area (Å²) in [5, 5.41) is 18.2. The first kappa shape index (κ1) is 15.8. The normalized spacial score (nSPS) is 16.8. The zero-order valence-electron chi connectivity index (χ0n) is 13.4. The molecule has 1 aromatic rings. The molecule has 0 aromatic heterocycles. The molecule has 2 rings (SSSR count). The van der Waals surface area contributed by atoms with Crippen LogP contribution in [-0.2, 0) is 0 Å². The largest absolute Gasteiger partial charge is 0.192 e. The van der Waals surface area contributed by atoms with Crippen molar-refractivity contribution >= 4 is 6.08 Å². The fourth-order valence-corrected chi connectivity index (χ4v) is 2.77. The Morgan fingerprint density at radius 1 is 1.05 bits per heavy atom. The number of nitrogens with zero attached hydrogens (tertiary/aromatic N) is 2. The van der Waals surface area contributed by atoms with Gasteiger partial charge in [0.1, 0.15) is 17.7 Å². The highest BCUT2D eigenvalue weighted by Crippen LogP contribution is 2.39. The van der Waals surface area contributed by atoms with Crippen LogP contribution in [0.2, 0.25) is 0 Å². The third kappa shape index (κ3) is 3.96. The minimum Gasteiger partial charge on any atom is -0.192 e. The molecule has 110 valence electrons. The van der Waals surface area contributed by atoms with E-state index in [0.717, 1.165) is 29.6 Å². The molecule has 0 radical (unpaired) electrons. The Bertz CT molecular complexity index is 713. The fourth-order valence-electron chi connectivity index (χ4n) is 2.77. The third-order valence-corrected chi connectivity index (χ3v) is 3.82. The maximum atomic E-state index is 9.09. The summed E-state index contributed by atoms with van der Waals surface area (Å²) in [5.41, 5.74) is 4.71. The number of benzene rings is 1. The first-order valence-corrected chi connectivity index (χ1v) is 7.42. The molecule has 0 N–H and O–H groups in total. The van der Waals surface area contributed by atoms with Gasteiger partial charge in [-0.25, -0.2) is 0 Å². The molecule has 0 bridgehead atoms. The van der Waals surface area contributed by atoms with Gasteiger partial charge in [0, 0.05) is 0 Å². The average Bonchev–Trinajstić information content (AvgIpc) is 2.46. The van der Waals surface area contributed by atoms with Crippen LogP contribution < -0.4 is 0 Å². The van der Waals surface area contributed by atoms with Crippen molar-refractivity contribution in [3.63, 3.8) is 0 Å². The second-order valence-corrected chi connectivity index (χ2v) is 6.60. The molecule has 22 heavy (non-hydrogen) atoms. The van der Waals surface area contributed by atoms with Gasteiger partial charge in [0.15, 0.2) is 0 Å². The van der Waals surface area contributed by atoms with Gasteiger partial charge in [0.05, 0.1) is 0 Å². The average molecular weight is 288 g/mol. The van der Waals surface area contributed by atoms with Gasteiger partial charge in [-0.1, -0.05) is 61.9 Å². The Morgan fingerprint density at radius 3 is 2.27 bits per heavy atom. The van der Waals surface area contributed by atoms with E-state index >= 15 is 0 Å². The van der Waals surface area contributed by atoms with Crippen molar-refractivity contribution in [2.24, 2.45) is 5.41 Å². The van der Waals surface area contributed by atoms with Crippen LogP contribution in [0.4, 0.5) is 0 Å². The first-order chi connectivity index (χ1) is 10.4. The van der Waals surface area contributed by atoms with E-state index < -0.39 is 0 Å². The zero-order valence-corrected chi connectivity index (χ0v) is 13.4. The van der Waals surface area contributed by atoms with Crippen LogP contribution in [0.25, 0.3) is 6.08 Å². The van der Waals surface area contributed by atoms with E-state index in [-0.39, 0.29) is 11.0 Å². The van der Waals surface area contributed by atoms with E-state index in [4.69, 9.17) is 10.5 Å². The van der Waals surface area contributed by atoms with Crippen LogP contribution in [-0.4, -0.2) is 0 Å². The van der Waals surface area contributed by atoms with Crippen molar-refractivity contribution in [1.82, 2.24) is 0 Å². The van der Waals surface area contributed by atoms with E-state index in [9.17, 15) is 0 Å². The molecule has 1 aliphatic carbocycles. The quantitative estimate of drug-likeness (QED) is 0.711.